The Morgan fingerprint density at radius 1 is 1.21 bits per heavy atom. The van der Waals surface area contributed by atoms with Crippen molar-refractivity contribution in [3.8, 4) is 0 Å². The number of hydrogen-bond acceptors (Lipinski definition) is 3. The molecule has 1 unspecified atom stereocenters. The number of benzene rings is 1. The van der Waals surface area contributed by atoms with Crippen LogP contribution in [-0.2, 0) is 6.18 Å². The van der Waals surface area contributed by atoms with Crippen molar-refractivity contribution in [2.45, 2.75) is 19.1 Å². The Morgan fingerprint density at radius 3 is 2.47 bits per heavy atom. The van der Waals surface area contributed by atoms with Crippen LogP contribution in [-0.4, -0.2) is 9.97 Å². The number of nitrogens with two attached hydrogens (primary N) is 1. The van der Waals surface area contributed by atoms with Gasteiger partial charge in [0.2, 0.25) is 0 Å². The molecule has 0 spiro atoms. The summed E-state index contributed by atoms with van der Waals surface area (Å²) in [6, 6.07) is 2.91. The third-order valence-electron chi connectivity index (χ3n) is 2.83. The van der Waals surface area contributed by atoms with Gasteiger partial charge in [-0.15, -0.1) is 0 Å². The lowest BCUT2D eigenvalue weighted by Crippen LogP contribution is -2.16. The highest BCUT2D eigenvalue weighted by Gasteiger charge is 2.31. The summed E-state index contributed by atoms with van der Waals surface area (Å²) < 4.78 is 37.7. The topological polar surface area (TPSA) is 51.8 Å². The van der Waals surface area contributed by atoms with Crippen LogP contribution < -0.4 is 5.73 Å². The van der Waals surface area contributed by atoms with Crippen LogP contribution in [0.15, 0.2) is 36.8 Å². The normalized spacial score (nSPS) is 13.3. The summed E-state index contributed by atoms with van der Waals surface area (Å²) in [5.41, 5.74) is 6.92. The lowest BCUT2D eigenvalue weighted by atomic mass is 9.97. The molecule has 2 rings (SSSR count). The molecule has 100 valence electrons. The monoisotopic (exact) mass is 267 g/mol. The summed E-state index contributed by atoms with van der Waals surface area (Å²) in [6.45, 7) is 1.60. The van der Waals surface area contributed by atoms with Gasteiger partial charge in [0, 0.05) is 12.4 Å². The van der Waals surface area contributed by atoms with Gasteiger partial charge in [0.25, 0.3) is 0 Å². The van der Waals surface area contributed by atoms with Crippen molar-refractivity contribution in [3.63, 3.8) is 0 Å². The molecule has 0 bridgehead atoms. The first-order valence-corrected chi connectivity index (χ1v) is 5.59. The number of aromatic nitrogens is 2. The molecule has 2 aromatic rings. The maximum Gasteiger partial charge on any atom is 0.416 e. The lowest BCUT2D eigenvalue weighted by Gasteiger charge is -2.16. The first-order valence-electron chi connectivity index (χ1n) is 5.59. The van der Waals surface area contributed by atoms with E-state index < -0.39 is 17.8 Å². The predicted octanol–water partition coefficient (Wildman–Crippen LogP) is 2.85. The fourth-order valence-corrected chi connectivity index (χ4v) is 1.83. The smallest absolute Gasteiger partial charge is 0.319 e. The van der Waals surface area contributed by atoms with Crippen LogP contribution in [0.2, 0.25) is 0 Å². The van der Waals surface area contributed by atoms with E-state index >= 15 is 0 Å². The Morgan fingerprint density at radius 2 is 1.95 bits per heavy atom. The summed E-state index contributed by atoms with van der Waals surface area (Å²) in [7, 11) is 0. The predicted molar refractivity (Wildman–Crippen MR) is 64.2 cm³/mol. The molecule has 1 heterocycles. The van der Waals surface area contributed by atoms with Crippen molar-refractivity contribution in [1.82, 2.24) is 9.97 Å². The van der Waals surface area contributed by atoms with Gasteiger partial charge < -0.3 is 5.73 Å². The van der Waals surface area contributed by atoms with E-state index in [0.717, 1.165) is 12.1 Å². The molecule has 0 radical (unpaired) electrons. The lowest BCUT2D eigenvalue weighted by molar-refractivity contribution is -0.137. The standard InChI is InChI=1S/C13H12F3N3/c1-8-6-9(13(14,15)16)2-3-10(8)12(17)11-7-18-4-5-19-11/h2-7,12H,17H2,1H3. The SMILES string of the molecule is Cc1cc(C(F)(F)F)ccc1C(N)c1cnccn1. The number of rotatable bonds is 2. The maximum absolute atomic E-state index is 12.6. The zero-order valence-corrected chi connectivity index (χ0v) is 10.1. The second kappa shape index (κ2) is 4.97. The van der Waals surface area contributed by atoms with E-state index in [1.54, 1.807) is 6.92 Å². The molecule has 0 saturated heterocycles. The zero-order chi connectivity index (χ0) is 14.0. The van der Waals surface area contributed by atoms with Crippen molar-refractivity contribution >= 4 is 0 Å². The van der Waals surface area contributed by atoms with Crippen molar-refractivity contribution in [3.05, 3.63) is 59.2 Å². The minimum atomic E-state index is -4.35. The van der Waals surface area contributed by atoms with Gasteiger partial charge in [-0.25, -0.2) is 0 Å². The third-order valence-corrected chi connectivity index (χ3v) is 2.83. The van der Waals surface area contributed by atoms with Gasteiger partial charge in [0.15, 0.2) is 0 Å². The van der Waals surface area contributed by atoms with E-state index in [9.17, 15) is 13.2 Å². The molecule has 1 atom stereocenters. The van der Waals surface area contributed by atoms with Crippen LogP contribution >= 0.6 is 0 Å². The number of alkyl halides is 3. The van der Waals surface area contributed by atoms with Crippen molar-refractivity contribution in [1.29, 1.82) is 0 Å². The van der Waals surface area contributed by atoms with Crippen LogP contribution in [0.1, 0.15) is 28.4 Å². The molecule has 19 heavy (non-hydrogen) atoms. The van der Waals surface area contributed by atoms with Gasteiger partial charge in [0.1, 0.15) is 0 Å². The minimum Gasteiger partial charge on any atom is -0.319 e. The van der Waals surface area contributed by atoms with Gasteiger partial charge >= 0.3 is 6.18 Å². The van der Waals surface area contributed by atoms with Crippen LogP contribution in [0, 0.1) is 6.92 Å². The highest BCUT2D eigenvalue weighted by molar-refractivity contribution is 5.37. The molecule has 3 nitrogen and oxygen atoms in total. The third kappa shape index (κ3) is 2.90. The molecule has 1 aromatic heterocycles. The average molecular weight is 267 g/mol. The first kappa shape index (κ1) is 13.5. The van der Waals surface area contributed by atoms with E-state index in [0.29, 0.717) is 16.8 Å². The molecular weight excluding hydrogens is 255 g/mol. The molecule has 0 aliphatic rings. The Balaban J connectivity index is 2.37. The van der Waals surface area contributed by atoms with Gasteiger partial charge in [-0.1, -0.05) is 6.07 Å². The molecule has 0 aliphatic carbocycles. The van der Waals surface area contributed by atoms with Crippen molar-refractivity contribution in [2.24, 2.45) is 5.73 Å². The molecular formula is C13H12F3N3. The molecule has 0 amide bonds. The van der Waals surface area contributed by atoms with E-state index in [-0.39, 0.29) is 0 Å². The molecule has 6 heteroatoms. The zero-order valence-electron chi connectivity index (χ0n) is 10.1. The molecule has 0 fully saturated rings. The molecule has 0 saturated carbocycles. The van der Waals surface area contributed by atoms with E-state index in [2.05, 4.69) is 9.97 Å². The Kier molecular flexibility index (Phi) is 3.53. The summed E-state index contributed by atoms with van der Waals surface area (Å²) in [4.78, 5) is 7.95. The van der Waals surface area contributed by atoms with E-state index in [1.807, 2.05) is 0 Å². The van der Waals surface area contributed by atoms with Crippen LogP contribution in [0.25, 0.3) is 0 Å². The number of aryl methyl sites for hydroxylation is 1. The number of hydrogen-bond donors (Lipinski definition) is 1. The quantitative estimate of drug-likeness (QED) is 0.910. The average Bonchev–Trinajstić information content (AvgIpc) is 2.38. The Bertz CT molecular complexity index is 567. The number of nitrogens with zero attached hydrogens (tertiary/aromatic N) is 2. The molecule has 2 N–H and O–H groups in total. The highest BCUT2D eigenvalue weighted by Crippen LogP contribution is 2.32. The van der Waals surface area contributed by atoms with Crippen LogP contribution in [0.5, 0.6) is 0 Å². The van der Waals surface area contributed by atoms with Crippen LogP contribution in [0.3, 0.4) is 0 Å². The summed E-state index contributed by atoms with van der Waals surface area (Å²) >= 11 is 0. The Labute approximate surface area is 108 Å². The second-order valence-corrected chi connectivity index (χ2v) is 4.18. The highest BCUT2D eigenvalue weighted by atomic mass is 19.4. The summed E-state index contributed by atoms with van der Waals surface area (Å²) in [5.74, 6) is 0. The second-order valence-electron chi connectivity index (χ2n) is 4.18. The van der Waals surface area contributed by atoms with Crippen molar-refractivity contribution < 1.29 is 13.2 Å². The fourth-order valence-electron chi connectivity index (χ4n) is 1.83. The van der Waals surface area contributed by atoms with Gasteiger partial charge in [0.05, 0.1) is 23.5 Å². The van der Waals surface area contributed by atoms with Crippen LogP contribution in [0.4, 0.5) is 13.2 Å². The van der Waals surface area contributed by atoms with Gasteiger partial charge in [-0.3, -0.25) is 9.97 Å². The summed E-state index contributed by atoms with van der Waals surface area (Å²) in [6.07, 6.45) is 0.159. The van der Waals surface area contributed by atoms with E-state index in [4.69, 9.17) is 5.73 Å². The van der Waals surface area contributed by atoms with Crippen molar-refractivity contribution in [2.75, 3.05) is 0 Å². The fraction of sp³-hybridized carbons (Fsp3) is 0.231. The van der Waals surface area contributed by atoms with Gasteiger partial charge in [-0.2, -0.15) is 13.2 Å². The maximum atomic E-state index is 12.6. The minimum absolute atomic E-state index is 0.480. The summed E-state index contributed by atoms with van der Waals surface area (Å²) in [5, 5.41) is 0. The van der Waals surface area contributed by atoms with Gasteiger partial charge in [-0.05, 0) is 30.2 Å². The molecule has 1 aromatic carbocycles. The number of halogens is 3. The first-order chi connectivity index (χ1) is 8.89. The Hall–Kier alpha value is -1.95. The largest absolute Gasteiger partial charge is 0.416 e. The molecule has 0 aliphatic heterocycles. The van der Waals surface area contributed by atoms with E-state index in [1.165, 1.54) is 24.7 Å².